The molecule has 0 atom stereocenters. The Morgan fingerprint density at radius 1 is 0.692 bits per heavy atom. The van der Waals surface area contributed by atoms with E-state index >= 15 is 0 Å². The zero-order valence-corrected chi connectivity index (χ0v) is 24.7. The first-order valence-corrected chi connectivity index (χ1v) is 14.6. The van der Waals surface area contributed by atoms with Gasteiger partial charge in [0.1, 0.15) is 10.0 Å². The highest BCUT2D eigenvalue weighted by molar-refractivity contribution is 7.13. The van der Waals surface area contributed by atoms with Gasteiger partial charge >= 0.3 is 0 Å². The third-order valence-electron chi connectivity index (χ3n) is 5.91. The molecular weight excluding hydrogens is 534 g/mol. The standard InChI is InChI=1S/C29H35N3O5S2/c1-6-36-24-10-8-20(14-26(24)34-4)28-30-22(18-38-28)16-32(12-13-33-3)17-23-19-39-29(31-23)21-9-11-25(37-7-2)27(15-21)35-5/h8-11,14-15,18-19H,6-7,12-13,16-17H2,1-5H3. The number of hydrogen-bond acceptors (Lipinski definition) is 10. The van der Waals surface area contributed by atoms with Crippen LogP contribution in [-0.2, 0) is 17.8 Å². The fourth-order valence-corrected chi connectivity index (χ4v) is 5.68. The largest absolute Gasteiger partial charge is 0.493 e. The number of nitrogens with zero attached hydrogens (tertiary/aromatic N) is 3. The van der Waals surface area contributed by atoms with Gasteiger partial charge in [0.25, 0.3) is 0 Å². The van der Waals surface area contributed by atoms with Crippen LogP contribution in [0.2, 0.25) is 0 Å². The van der Waals surface area contributed by atoms with Crippen LogP contribution in [0.25, 0.3) is 21.1 Å². The highest BCUT2D eigenvalue weighted by atomic mass is 32.1. The van der Waals surface area contributed by atoms with Crippen LogP contribution >= 0.6 is 22.7 Å². The van der Waals surface area contributed by atoms with Crippen molar-refractivity contribution in [3.8, 4) is 44.1 Å². The molecular formula is C29H35N3O5S2. The quantitative estimate of drug-likeness (QED) is 0.163. The van der Waals surface area contributed by atoms with Gasteiger partial charge in [-0.25, -0.2) is 9.97 Å². The molecule has 39 heavy (non-hydrogen) atoms. The second kappa shape index (κ2) is 14.3. The van der Waals surface area contributed by atoms with Gasteiger partial charge in [-0.15, -0.1) is 22.7 Å². The van der Waals surface area contributed by atoms with Gasteiger partial charge < -0.3 is 23.7 Å². The highest BCUT2D eigenvalue weighted by Gasteiger charge is 2.15. The van der Waals surface area contributed by atoms with E-state index in [9.17, 15) is 0 Å². The van der Waals surface area contributed by atoms with Crippen LogP contribution in [0.4, 0.5) is 0 Å². The molecule has 0 bridgehead atoms. The van der Waals surface area contributed by atoms with Crippen molar-refractivity contribution in [1.29, 1.82) is 0 Å². The molecule has 208 valence electrons. The molecule has 0 N–H and O–H groups in total. The van der Waals surface area contributed by atoms with E-state index in [-0.39, 0.29) is 0 Å². The predicted octanol–water partition coefficient (Wildman–Crippen LogP) is 6.40. The van der Waals surface area contributed by atoms with Crippen LogP contribution in [0, 0.1) is 0 Å². The van der Waals surface area contributed by atoms with Crippen molar-refractivity contribution in [1.82, 2.24) is 14.9 Å². The average molecular weight is 570 g/mol. The van der Waals surface area contributed by atoms with E-state index in [0.29, 0.717) is 44.4 Å². The Labute approximate surface area is 238 Å². The maximum absolute atomic E-state index is 5.65. The fourth-order valence-electron chi connectivity index (χ4n) is 4.07. The molecule has 0 aliphatic rings. The van der Waals surface area contributed by atoms with Crippen LogP contribution < -0.4 is 18.9 Å². The van der Waals surface area contributed by atoms with Crippen LogP contribution in [-0.4, -0.2) is 62.6 Å². The summed E-state index contributed by atoms with van der Waals surface area (Å²) in [5, 5.41) is 6.10. The Kier molecular flexibility index (Phi) is 10.5. The predicted molar refractivity (Wildman–Crippen MR) is 157 cm³/mol. The lowest BCUT2D eigenvalue weighted by Gasteiger charge is -2.19. The lowest BCUT2D eigenvalue weighted by molar-refractivity contribution is 0.139. The molecule has 0 saturated heterocycles. The highest BCUT2D eigenvalue weighted by Crippen LogP contribution is 2.35. The van der Waals surface area contributed by atoms with Gasteiger partial charge in [0.2, 0.25) is 0 Å². The van der Waals surface area contributed by atoms with Crippen molar-refractivity contribution < 1.29 is 23.7 Å². The molecule has 10 heteroatoms. The van der Waals surface area contributed by atoms with E-state index in [2.05, 4.69) is 15.7 Å². The number of ether oxygens (including phenoxy) is 5. The Morgan fingerprint density at radius 3 is 1.59 bits per heavy atom. The monoisotopic (exact) mass is 569 g/mol. The first-order valence-electron chi connectivity index (χ1n) is 12.8. The zero-order valence-electron chi connectivity index (χ0n) is 23.1. The van der Waals surface area contributed by atoms with E-state index in [4.69, 9.17) is 33.7 Å². The summed E-state index contributed by atoms with van der Waals surface area (Å²) in [6.07, 6.45) is 0. The van der Waals surface area contributed by atoms with Crippen molar-refractivity contribution in [2.75, 3.05) is 47.7 Å². The summed E-state index contributed by atoms with van der Waals surface area (Å²) < 4.78 is 27.7. The normalized spacial score (nSPS) is 11.1. The van der Waals surface area contributed by atoms with Crippen molar-refractivity contribution in [3.05, 3.63) is 58.5 Å². The number of thiazole rings is 2. The molecule has 2 aromatic carbocycles. The third kappa shape index (κ3) is 7.48. The molecule has 0 spiro atoms. The minimum atomic E-state index is 0.587. The first-order chi connectivity index (χ1) is 19.1. The van der Waals surface area contributed by atoms with E-state index < -0.39 is 0 Å². The number of aromatic nitrogens is 2. The second-order valence-electron chi connectivity index (χ2n) is 8.59. The minimum Gasteiger partial charge on any atom is -0.493 e. The summed E-state index contributed by atoms with van der Waals surface area (Å²) in [5.41, 5.74) is 4.02. The van der Waals surface area contributed by atoms with E-state index in [1.807, 2.05) is 50.2 Å². The second-order valence-corrected chi connectivity index (χ2v) is 10.3. The molecule has 0 unspecified atom stereocenters. The maximum Gasteiger partial charge on any atom is 0.161 e. The molecule has 0 aliphatic heterocycles. The number of hydrogen-bond donors (Lipinski definition) is 0. The smallest absolute Gasteiger partial charge is 0.161 e. The lowest BCUT2D eigenvalue weighted by Crippen LogP contribution is -2.27. The molecule has 0 aliphatic carbocycles. The molecule has 0 radical (unpaired) electrons. The van der Waals surface area contributed by atoms with Crippen LogP contribution in [0.1, 0.15) is 25.2 Å². The summed E-state index contributed by atoms with van der Waals surface area (Å²) in [6.45, 7) is 7.87. The van der Waals surface area contributed by atoms with E-state index in [1.54, 1.807) is 44.0 Å². The topological polar surface area (TPSA) is 75.2 Å². The minimum absolute atomic E-state index is 0.587. The van der Waals surface area contributed by atoms with Crippen LogP contribution in [0.15, 0.2) is 47.2 Å². The number of methoxy groups -OCH3 is 3. The summed E-state index contributed by atoms with van der Waals surface area (Å²) in [4.78, 5) is 12.1. The summed E-state index contributed by atoms with van der Waals surface area (Å²) >= 11 is 3.24. The van der Waals surface area contributed by atoms with Gasteiger partial charge in [-0.1, -0.05) is 0 Å². The molecule has 0 fully saturated rings. The maximum atomic E-state index is 5.65. The Balaban J connectivity index is 1.47. The van der Waals surface area contributed by atoms with Crippen molar-refractivity contribution in [3.63, 3.8) is 0 Å². The van der Waals surface area contributed by atoms with Gasteiger partial charge in [0.15, 0.2) is 23.0 Å². The number of benzene rings is 2. The van der Waals surface area contributed by atoms with Crippen molar-refractivity contribution in [2.24, 2.45) is 0 Å². The van der Waals surface area contributed by atoms with Gasteiger partial charge in [0.05, 0.1) is 45.4 Å². The molecule has 4 aromatic rings. The van der Waals surface area contributed by atoms with Crippen molar-refractivity contribution >= 4 is 22.7 Å². The molecule has 8 nitrogen and oxygen atoms in total. The van der Waals surface area contributed by atoms with E-state index in [1.165, 1.54) is 0 Å². The molecule has 2 aromatic heterocycles. The van der Waals surface area contributed by atoms with Gasteiger partial charge in [-0.2, -0.15) is 0 Å². The fraction of sp³-hybridized carbons (Fsp3) is 0.379. The Morgan fingerprint density at radius 2 is 1.18 bits per heavy atom. The van der Waals surface area contributed by atoms with Gasteiger partial charge in [-0.3, -0.25) is 4.90 Å². The SMILES string of the molecule is CCOc1ccc(-c2nc(CN(CCOC)Cc3csc(-c4ccc(OCC)c(OC)c4)n3)cs2)cc1OC. The Hall–Kier alpha value is -3.18. The lowest BCUT2D eigenvalue weighted by atomic mass is 10.2. The molecule has 0 amide bonds. The first kappa shape index (κ1) is 28.8. The van der Waals surface area contributed by atoms with Gasteiger partial charge in [-0.05, 0) is 50.2 Å². The molecule has 4 rings (SSSR count). The van der Waals surface area contributed by atoms with Crippen LogP contribution in [0.3, 0.4) is 0 Å². The van der Waals surface area contributed by atoms with Crippen molar-refractivity contribution in [2.45, 2.75) is 26.9 Å². The third-order valence-corrected chi connectivity index (χ3v) is 7.79. The summed E-state index contributed by atoms with van der Waals surface area (Å²) in [6, 6.07) is 11.9. The summed E-state index contributed by atoms with van der Waals surface area (Å²) in [5.74, 6) is 2.88. The van der Waals surface area contributed by atoms with E-state index in [0.717, 1.165) is 50.6 Å². The molecule has 2 heterocycles. The zero-order chi connectivity index (χ0) is 27.6. The number of rotatable bonds is 15. The average Bonchev–Trinajstić information content (AvgIpc) is 3.62. The Bertz CT molecular complexity index is 1240. The molecule has 0 saturated carbocycles. The van der Waals surface area contributed by atoms with Gasteiger partial charge in [0, 0.05) is 48.6 Å². The van der Waals surface area contributed by atoms with Crippen LogP contribution in [0.5, 0.6) is 23.0 Å². The summed E-state index contributed by atoms with van der Waals surface area (Å²) in [7, 11) is 5.02.